The van der Waals surface area contributed by atoms with Gasteiger partial charge in [0.25, 0.3) is 0 Å². The monoisotopic (exact) mass is 287 g/mol. The fourth-order valence-electron chi connectivity index (χ4n) is 1.85. The normalized spacial score (nSPS) is 10.4. The van der Waals surface area contributed by atoms with E-state index in [0.717, 1.165) is 12.0 Å². The molecule has 1 aromatic heterocycles. The summed E-state index contributed by atoms with van der Waals surface area (Å²) >= 11 is 0. The molecule has 0 fully saturated rings. The Balaban J connectivity index is 2.18. The molecular formula is C16H17NO4. The summed E-state index contributed by atoms with van der Waals surface area (Å²) in [5.74, 6) is -0.182. The Morgan fingerprint density at radius 2 is 2.00 bits per heavy atom. The van der Waals surface area contributed by atoms with Crippen molar-refractivity contribution in [2.75, 3.05) is 13.7 Å². The van der Waals surface area contributed by atoms with E-state index in [4.69, 9.17) is 14.6 Å². The number of methoxy groups -OCH3 is 1. The number of aromatic nitrogens is 1. The van der Waals surface area contributed by atoms with Crippen LogP contribution in [-0.2, 0) is 11.2 Å². The van der Waals surface area contributed by atoms with Crippen molar-refractivity contribution in [3.05, 3.63) is 53.3 Å². The van der Waals surface area contributed by atoms with Gasteiger partial charge in [0.05, 0.1) is 6.61 Å². The first-order valence-electron chi connectivity index (χ1n) is 6.56. The lowest BCUT2D eigenvalue weighted by atomic mass is 10.1. The second-order valence-corrected chi connectivity index (χ2v) is 4.62. The molecule has 0 bridgehead atoms. The molecule has 0 radical (unpaired) electrons. The van der Waals surface area contributed by atoms with E-state index in [0.29, 0.717) is 23.8 Å². The molecular weight excluding hydrogens is 270 g/mol. The Morgan fingerprint density at radius 1 is 1.29 bits per heavy atom. The van der Waals surface area contributed by atoms with Gasteiger partial charge in [0.2, 0.25) is 0 Å². The Kier molecular flexibility index (Phi) is 4.90. The predicted octanol–water partition coefficient (Wildman–Crippen LogP) is 3.07. The number of hydrogen-bond acceptors (Lipinski definition) is 4. The average molecular weight is 287 g/mol. The van der Waals surface area contributed by atoms with Crippen LogP contribution < -0.4 is 4.74 Å². The molecule has 21 heavy (non-hydrogen) atoms. The molecule has 0 saturated carbocycles. The third kappa shape index (κ3) is 4.03. The van der Waals surface area contributed by atoms with Gasteiger partial charge >= 0.3 is 5.97 Å². The number of nitrogens with zero attached hydrogens (tertiary/aromatic N) is 1. The highest BCUT2D eigenvalue weighted by Crippen LogP contribution is 2.26. The summed E-state index contributed by atoms with van der Waals surface area (Å²) in [5.41, 5.74) is 1.88. The Morgan fingerprint density at radius 3 is 2.62 bits per heavy atom. The molecule has 0 unspecified atom stereocenters. The number of carbonyl (C=O) groups is 1. The van der Waals surface area contributed by atoms with Crippen LogP contribution in [0.15, 0.2) is 36.5 Å². The lowest BCUT2D eigenvalue weighted by Gasteiger charge is -2.10. The maximum absolute atomic E-state index is 11.2. The van der Waals surface area contributed by atoms with Crippen LogP contribution in [0.3, 0.4) is 0 Å². The molecule has 1 aromatic carbocycles. The number of ether oxygens (including phenoxy) is 2. The van der Waals surface area contributed by atoms with Crippen LogP contribution in [-0.4, -0.2) is 29.8 Å². The summed E-state index contributed by atoms with van der Waals surface area (Å²) in [7, 11) is 1.66. The number of pyridine rings is 1. The van der Waals surface area contributed by atoms with Crippen LogP contribution in [0.4, 0.5) is 0 Å². The van der Waals surface area contributed by atoms with Crippen molar-refractivity contribution < 1.29 is 19.4 Å². The number of carboxylic acids is 1. The van der Waals surface area contributed by atoms with E-state index in [9.17, 15) is 4.79 Å². The van der Waals surface area contributed by atoms with E-state index in [1.807, 2.05) is 24.3 Å². The van der Waals surface area contributed by atoms with Gasteiger partial charge in [-0.1, -0.05) is 12.1 Å². The minimum atomic E-state index is -1.06. The van der Waals surface area contributed by atoms with E-state index in [1.165, 1.54) is 6.20 Å². The number of hydrogen-bond donors (Lipinski definition) is 1. The minimum absolute atomic E-state index is 0.0454. The van der Waals surface area contributed by atoms with Crippen LogP contribution >= 0.6 is 0 Å². The van der Waals surface area contributed by atoms with Gasteiger partial charge in [-0.2, -0.15) is 0 Å². The van der Waals surface area contributed by atoms with E-state index in [-0.39, 0.29) is 5.56 Å². The van der Waals surface area contributed by atoms with Gasteiger partial charge in [-0.3, -0.25) is 4.98 Å². The zero-order valence-corrected chi connectivity index (χ0v) is 12.0. The van der Waals surface area contributed by atoms with Crippen LogP contribution in [0, 0.1) is 6.92 Å². The van der Waals surface area contributed by atoms with Gasteiger partial charge in [-0.15, -0.1) is 0 Å². The third-order valence-electron chi connectivity index (χ3n) is 2.98. The number of aromatic carboxylic acids is 1. The zero-order chi connectivity index (χ0) is 15.2. The smallest absolute Gasteiger partial charge is 0.341 e. The van der Waals surface area contributed by atoms with Gasteiger partial charge in [-0.05, 0) is 31.0 Å². The molecule has 2 rings (SSSR count). The van der Waals surface area contributed by atoms with Gasteiger partial charge in [-0.25, -0.2) is 4.79 Å². The van der Waals surface area contributed by atoms with Gasteiger partial charge in [0.15, 0.2) is 0 Å². The number of aryl methyl sites for hydroxylation is 1. The lowest BCUT2D eigenvalue weighted by molar-refractivity contribution is 0.0693. The summed E-state index contributed by atoms with van der Waals surface area (Å²) in [6, 6.07) is 9.10. The fourth-order valence-corrected chi connectivity index (χ4v) is 1.85. The number of benzene rings is 1. The zero-order valence-electron chi connectivity index (χ0n) is 12.0. The van der Waals surface area contributed by atoms with Crippen LogP contribution in [0.2, 0.25) is 0 Å². The predicted molar refractivity (Wildman–Crippen MR) is 78.0 cm³/mol. The molecule has 1 N–H and O–H groups in total. The van der Waals surface area contributed by atoms with Crippen molar-refractivity contribution in [2.45, 2.75) is 13.3 Å². The van der Waals surface area contributed by atoms with E-state index in [1.54, 1.807) is 20.1 Å². The van der Waals surface area contributed by atoms with E-state index >= 15 is 0 Å². The number of carboxylic acid groups (broad SMARTS) is 1. The molecule has 0 aliphatic heterocycles. The van der Waals surface area contributed by atoms with E-state index < -0.39 is 5.97 Å². The molecule has 0 amide bonds. The summed E-state index contributed by atoms with van der Waals surface area (Å²) in [6.45, 7) is 2.44. The molecule has 110 valence electrons. The van der Waals surface area contributed by atoms with Crippen molar-refractivity contribution in [3.63, 3.8) is 0 Å². The lowest BCUT2D eigenvalue weighted by Crippen LogP contribution is -2.02. The first-order chi connectivity index (χ1) is 10.1. The van der Waals surface area contributed by atoms with Crippen LogP contribution in [0.25, 0.3) is 0 Å². The molecule has 2 aromatic rings. The first kappa shape index (κ1) is 15.0. The third-order valence-corrected chi connectivity index (χ3v) is 2.98. The number of rotatable bonds is 6. The SMILES string of the molecule is COCCc1ccc(Oc2cc(C)ncc2C(=O)O)cc1. The second kappa shape index (κ2) is 6.85. The Hall–Kier alpha value is -2.40. The van der Waals surface area contributed by atoms with Crippen molar-refractivity contribution in [1.82, 2.24) is 4.98 Å². The van der Waals surface area contributed by atoms with Crippen LogP contribution in [0.1, 0.15) is 21.6 Å². The summed E-state index contributed by atoms with van der Waals surface area (Å²) in [4.78, 5) is 15.1. The van der Waals surface area contributed by atoms with Crippen LogP contribution in [0.5, 0.6) is 11.5 Å². The highest BCUT2D eigenvalue weighted by atomic mass is 16.5. The van der Waals surface area contributed by atoms with E-state index in [2.05, 4.69) is 4.98 Å². The molecule has 0 spiro atoms. The maximum Gasteiger partial charge on any atom is 0.341 e. The molecule has 5 heteroatoms. The summed E-state index contributed by atoms with van der Waals surface area (Å²) in [5, 5.41) is 9.14. The molecule has 1 heterocycles. The average Bonchev–Trinajstić information content (AvgIpc) is 2.46. The van der Waals surface area contributed by atoms with Crippen molar-refractivity contribution in [2.24, 2.45) is 0 Å². The topological polar surface area (TPSA) is 68.7 Å². The van der Waals surface area contributed by atoms with Gasteiger partial charge in [0.1, 0.15) is 17.1 Å². The minimum Gasteiger partial charge on any atom is -0.477 e. The Labute approximate surface area is 123 Å². The molecule has 5 nitrogen and oxygen atoms in total. The van der Waals surface area contributed by atoms with Crippen molar-refractivity contribution >= 4 is 5.97 Å². The summed E-state index contributed by atoms with van der Waals surface area (Å²) in [6.07, 6.45) is 2.13. The quantitative estimate of drug-likeness (QED) is 0.884. The fraction of sp³-hybridized carbons (Fsp3) is 0.250. The summed E-state index contributed by atoms with van der Waals surface area (Å²) < 4.78 is 10.7. The highest BCUT2D eigenvalue weighted by molar-refractivity contribution is 5.90. The largest absolute Gasteiger partial charge is 0.477 e. The second-order valence-electron chi connectivity index (χ2n) is 4.62. The van der Waals surface area contributed by atoms with Gasteiger partial charge in [0, 0.05) is 25.1 Å². The molecule has 0 aliphatic carbocycles. The molecule has 0 atom stereocenters. The Bertz CT molecular complexity index is 623. The highest BCUT2D eigenvalue weighted by Gasteiger charge is 2.13. The van der Waals surface area contributed by atoms with Crippen molar-refractivity contribution in [1.29, 1.82) is 0 Å². The molecule has 0 aliphatic rings. The molecule has 0 saturated heterocycles. The van der Waals surface area contributed by atoms with Gasteiger partial charge < -0.3 is 14.6 Å². The maximum atomic E-state index is 11.2. The standard InChI is InChI=1S/C16H17NO4/c1-11-9-15(14(10-17-11)16(18)19)21-13-5-3-12(4-6-13)7-8-20-2/h3-6,9-10H,7-8H2,1-2H3,(H,18,19). The van der Waals surface area contributed by atoms with Crippen molar-refractivity contribution in [3.8, 4) is 11.5 Å². The first-order valence-corrected chi connectivity index (χ1v) is 6.56.